The molecule has 0 saturated carbocycles. The molecule has 2 N–H and O–H groups in total. The number of hydrogen-bond donors (Lipinski definition) is 2. The molecule has 0 aliphatic carbocycles. The van der Waals surface area contributed by atoms with E-state index in [0.29, 0.717) is 5.13 Å². The number of aryl methyl sites for hydroxylation is 2. The van der Waals surface area contributed by atoms with Crippen LogP contribution in [0.2, 0.25) is 0 Å². The Morgan fingerprint density at radius 1 is 1.10 bits per heavy atom. The second kappa shape index (κ2) is 8.81. The molecule has 0 fully saturated rings. The fourth-order valence-electron chi connectivity index (χ4n) is 2.67. The van der Waals surface area contributed by atoms with E-state index in [1.807, 2.05) is 19.9 Å². The second-order valence-corrected chi connectivity index (χ2v) is 9.33. The van der Waals surface area contributed by atoms with Gasteiger partial charge < -0.3 is 5.32 Å². The summed E-state index contributed by atoms with van der Waals surface area (Å²) in [6, 6.07) is 12.9. The van der Waals surface area contributed by atoms with E-state index >= 15 is 0 Å². The van der Waals surface area contributed by atoms with E-state index in [0.717, 1.165) is 28.3 Å². The van der Waals surface area contributed by atoms with Crippen LogP contribution >= 0.6 is 11.3 Å². The van der Waals surface area contributed by atoms with E-state index < -0.39 is 32.7 Å². The van der Waals surface area contributed by atoms with Gasteiger partial charge in [-0.05, 0) is 38.0 Å². The van der Waals surface area contributed by atoms with Crippen molar-refractivity contribution in [1.82, 2.24) is 9.71 Å². The van der Waals surface area contributed by atoms with E-state index in [4.69, 9.17) is 0 Å². The first kappa shape index (κ1) is 21.1. The Kier molecular flexibility index (Phi) is 6.41. The van der Waals surface area contributed by atoms with Crippen LogP contribution in [0.25, 0.3) is 0 Å². The largest absolute Gasteiger partial charge is 0.301 e. The van der Waals surface area contributed by atoms with Crippen molar-refractivity contribution < 1.29 is 17.6 Å². The van der Waals surface area contributed by atoms with Crippen molar-refractivity contribution in [2.45, 2.75) is 31.2 Å². The first-order valence-electron chi connectivity index (χ1n) is 8.82. The van der Waals surface area contributed by atoms with Crippen molar-refractivity contribution in [3.63, 3.8) is 0 Å². The molecule has 29 heavy (non-hydrogen) atoms. The highest BCUT2D eigenvalue weighted by Gasteiger charge is 2.28. The molecule has 1 unspecified atom stereocenters. The SMILES string of the molecule is Cc1nc(NC(=O)C(Cc2ccccc2)NS(=O)(=O)c2ccccc2F)sc1C. The number of amides is 1. The Morgan fingerprint density at radius 2 is 1.76 bits per heavy atom. The topological polar surface area (TPSA) is 88.2 Å². The summed E-state index contributed by atoms with van der Waals surface area (Å²) in [4.78, 5) is 17.6. The molecular weight excluding hydrogens is 413 g/mol. The molecule has 0 aliphatic rings. The van der Waals surface area contributed by atoms with Crippen molar-refractivity contribution in [3.8, 4) is 0 Å². The monoisotopic (exact) mass is 433 g/mol. The summed E-state index contributed by atoms with van der Waals surface area (Å²) in [5, 5.41) is 3.04. The lowest BCUT2D eigenvalue weighted by atomic mass is 10.1. The molecule has 6 nitrogen and oxygen atoms in total. The summed E-state index contributed by atoms with van der Waals surface area (Å²) < 4.78 is 41.8. The smallest absolute Gasteiger partial charge is 0.244 e. The fourth-order valence-corrected chi connectivity index (χ4v) is 4.76. The van der Waals surface area contributed by atoms with Crippen LogP contribution in [0.1, 0.15) is 16.1 Å². The van der Waals surface area contributed by atoms with Crippen LogP contribution < -0.4 is 10.0 Å². The zero-order valence-electron chi connectivity index (χ0n) is 15.8. The maximum Gasteiger partial charge on any atom is 0.244 e. The highest BCUT2D eigenvalue weighted by atomic mass is 32.2. The average Bonchev–Trinajstić information content (AvgIpc) is 2.99. The van der Waals surface area contributed by atoms with E-state index in [1.165, 1.54) is 23.5 Å². The van der Waals surface area contributed by atoms with Crippen LogP contribution in [0.3, 0.4) is 0 Å². The Hall–Kier alpha value is -2.62. The molecule has 1 amide bonds. The number of sulfonamides is 1. The van der Waals surface area contributed by atoms with Crippen LogP contribution in [-0.2, 0) is 21.2 Å². The van der Waals surface area contributed by atoms with Crippen LogP contribution in [-0.4, -0.2) is 25.4 Å². The fraction of sp³-hybridized carbons (Fsp3) is 0.200. The molecule has 1 aromatic heterocycles. The van der Waals surface area contributed by atoms with E-state index in [1.54, 1.807) is 24.3 Å². The van der Waals surface area contributed by atoms with Crippen molar-refractivity contribution >= 4 is 32.4 Å². The van der Waals surface area contributed by atoms with Crippen LogP contribution in [0.5, 0.6) is 0 Å². The molecule has 0 spiro atoms. The molecule has 9 heteroatoms. The average molecular weight is 434 g/mol. The first-order valence-corrected chi connectivity index (χ1v) is 11.1. The highest BCUT2D eigenvalue weighted by Crippen LogP contribution is 2.22. The quantitative estimate of drug-likeness (QED) is 0.598. The van der Waals surface area contributed by atoms with E-state index in [-0.39, 0.29) is 6.42 Å². The van der Waals surface area contributed by atoms with Gasteiger partial charge in [0.1, 0.15) is 16.8 Å². The number of anilines is 1. The standard InChI is InChI=1S/C20H20FN3O3S2/c1-13-14(2)28-20(22-13)23-19(25)17(12-15-8-4-3-5-9-15)24-29(26,27)18-11-7-6-10-16(18)21/h3-11,17,24H,12H2,1-2H3,(H,22,23,25). The third-order valence-electron chi connectivity index (χ3n) is 4.28. The molecule has 152 valence electrons. The normalized spacial score (nSPS) is 12.5. The number of carbonyl (C=O) groups excluding carboxylic acids is 1. The minimum Gasteiger partial charge on any atom is -0.301 e. The van der Waals surface area contributed by atoms with Gasteiger partial charge in [0.2, 0.25) is 15.9 Å². The van der Waals surface area contributed by atoms with Gasteiger partial charge in [-0.15, -0.1) is 11.3 Å². The second-order valence-electron chi connectivity index (χ2n) is 6.44. The number of halogens is 1. The lowest BCUT2D eigenvalue weighted by molar-refractivity contribution is -0.117. The molecule has 0 bridgehead atoms. The van der Waals surface area contributed by atoms with Gasteiger partial charge in [0, 0.05) is 4.88 Å². The first-order chi connectivity index (χ1) is 13.8. The zero-order chi connectivity index (χ0) is 21.0. The number of hydrogen-bond acceptors (Lipinski definition) is 5. The third kappa shape index (κ3) is 5.26. The van der Waals surface area contributed by atoms with Crippen LogP contribution in [0.15, 0.2) is 59.5 Å². The summed E-state index contributed by atoms with van der Waals surface area (Å²) in [7, 11) is -4.25. The molecule has 0 aliphatic heterocycles. The molecule has 3 aromatic rings. The predicted octanol–water partition coefficient (Wildman–Crippen LogP) is 3.43. The molecule has 3 rings (SSSR count). The van der Waals surface area contributed by atoms with Gasteiger partial charge in [0.05, 0.1) is 5.69 Å². The Morgan fingerprint density at radius 3 is 2.38 bits per heavy atom. The number of benzene rings is 2. The maximum absolute atomic E-state index is 14.0. The van der Waals surface area contributed by atoms with Gasteiger partial charge in [-0.25, -0.2) is 17.8 Å². The van der Waals surface area contributed by atoms with Gasteiger partial charge in [-0.3, -0.25) is 4.79 Å². The number of rotatable bonds is 7. The Balaban J connectivity index is 1.88. The number of aromatic nitrogens is 1. The van der Waals surface area contributed by atoms with Crippen molar-refractivity contribution in [2.75, 3.05) is 5.32 Å². The lowest BCUT2D eigenvalue weighted by Crippen LogP contribution is -2.45. The third-order valence-corrected chi connectivity index (χ3v) is 6.77. The minimum atomic E-state index is -4.25. The minimum absolute atomic E-state index is 0.101. The summed E-state index contributed by atoms with van der Waals surface area (Å²) in [6.07, 6.45) is 0.101. The van der Waals surface area contributed by atoms with Gasteiger partial charge in [0.25, 0.3) is 0 Å². The molecule has 1 atom stereocenters. The molecule has 0 radical (unpaired) electrons. The predicted molar refractivity (Wildman–Crippen MR) is 111 cm³/mol. The van der Waals surface area contributed by atoms with E-state index in [9.17, 15) is 17.6 Å². The van der Waals surface area contributed by atoms with Crippen molar-refractivity contribution in [3.05, 3.63) is 76.5 Å². The van der Waals surface area contributed by atoms with Gasteiger partial charge in [-0.2, -0.15) is 4.72 Å². The maximum atomic E-state index is 14.0. The van der Waals surface area contributed by atoms with Gasteiger partial charge in [0.15, 0.2) is 5.13 Å². The van der Waals surface area contributed by atoms with Crippen LogP contribution in [0, 0.1) is 19.7 Å². The summed E-state index contributed by atoms with van der Waals surface area (Å²) >= 11 is 1.30. The number of nitrogens with one attached hydrogen (secondary N) is 2. The molecular formula is C20H20FN3O3S2. The number of carbonyl (C=O) groups is 1. The summed E-state index contributed by atoms with van der Waals surface area (Å²) in [5.74, 6) is -1.45. The van der Waals surface area contributed by atoms with Crippen molar-refractivity contribution in [1.29, 1.82) is 0 Å². The van der Waals surface area contributed by atoms with Crippen LogP contribution in [0.4, 0.5) is 9.52 Å². The molecule has 1 heterocycles. The Bertz CT molecular complexity index is 1100. The summed E-state index contributed by atoms with van der Waals surface area (Å²) in [6.45, 7) is 3.70. The summed E-state index contributed by atoms with van der Waals surface area (Å²) in [5.41, 5.74) is 1.55. The van der Waals surface area contributed by atoms with Crippen molar-refractivity contribution in [2.24, 2.45) is 0 Å². The van der Waals surface area contributed by atoms with E-state index in [2.05, 4.69) is 15.0 Å². The van der Waals surface area contributed by atoms with Gasteiger partial charge >= 0.3 is 0 Å². The van der Waals surface area contributed by atoms with Gasteiger partial charge in [-0.1, -0.05) is 42.5 Å². The highest BCUT2D eigenvalue weighted by molar-refractivity contribution is 7.89. The number of thiazole rings is 1. The molecule has 2 aromatic carbocycles. The molecule has 0 saturated heterocycles. The Labute approximate surface area is 172 Å². The number of nitrogens with zero attached hydrogens (tertiary/aromatic N) is 1. The zero-order valence-corrected chi connectivity index (χ0v) is 17.5. The lowest BCUT2D eigenvalue weighted by Gasteiger charge is -2.18.